The highest BCUT2D eigenvalue weighted by atomic mass is 35.5. The van der Waals surface area contributed by atoms with Crippen LogP contribution in [0.2, 0.25) is 10.0 Å². The van der Waals surface area contributed by atoms with Crippen LogP contribution in [0.25, 0.3) is 0 Å². The van der Waals surface area contributed by atoms with Crippen LogP contribution in [0.5, 0.6) is 0 Å². The zero-order valence-corrected chi connectivity index (χ0v) is 16.8. The molecule has 0 spiro atoms. The van der Waals surface area contributed by atoms with Gasteiger partial charge < -0.3 is 5.32 Å². The van der Waals surface area contributed by atoms with E-state index < -0.39 is 15.9 Å². The molecular formula is C18H20Cl2N2O3S. The average Bonchev–Trinajstić information content (AvgIpc) is 2.59. The topological polar surface area (TPSA) is 66.5 Å². The first kappa shape index (κ1) is 20.6. The van der Waals surface area contributed by atoms with Crippen LogP contribution in [0, 0.1) is 0 Å². The van der Waals surface area contributed by atoms with Crippen molar-refractivity contribution in [3.8, 4) is 0 Å². The lowest BCUT2D eigenvalue weighted by molar-refractivity contribution is -0.120. The molecule has 1 N–H and O–H groups in total. The van der Waals surface area contributed by atoms with Crippen LogP contribution >= 0.6 is 23.2 Å². The second-order valence-electron chi connectivity index (χ2n) is 5.82. The number of carbonyl (C=O) groups is 1. The third-order valence-corrected chi connectivity index (χ3v) is 6.08. The number of nitrogens with one attached hydrogen (secondary N) is 1. The highest BCUT2D eigenvalue weighted by Gasteiger charge is 2.27. The number of benzene rings is 2. The van der Waals surface area contributed by atoms with Crippen LogP contribution in [0.1, 0.15) is 20.3 Å². The summed E-state index contributed by atoms with van der Waals surface area (Å²) in [6.07, 6.45) is 0.743. The first-order valence-corrected chi connectivity index (χ1v) is 10.3. The number of sulfonamides is 1. The molecule has 0 heterocycles. The number of anilines is 1. The van der Waals surface area contributed by atoms with Crippen molar-refractivity contribution in [3.05, 3.63) is 58.6 Å². The van der Waals surface area contributed by atoms with E-state index in [4.69, 9.17) is 23.2 Å². The van der Waals surface area contributed by atoms with E-state index in [1.807, 2.05) is 13.8 Å². The van der Waals surface area contributed by atoms with Crippen molar-refractivity contribution in [1.29, 1.82) is 0 Å². The lowest BCUT2D eigenvalue weighted by Gasteiger charge is -2.25. The van der Waals surface area contributed by atoms with Gasteiger partial charge in [-0.3, -0.25) is 9.10 Å². The number of hydrogen-bond donors (Lipinski definition) is 1. The molecular weight excluding hydrogens is 395 g/mol. The van der Waals surface area contributed by atoms with Crippen molar-refractivity contribution in [3.63, 3.8) is 0 Å². The number of hydrogen-bond acceptors (Lipinski definition) is 3. The molecule has 0 radical (unpaired) electrons. The zero-order chi connectivity index (χ0) is 19.3. The summed E-state index contributed by atoms with van der Waals surface area (Å²) in [5.74, 6) is -0.392. The minimum absolute atomic E-state index is 0.0400. The normalized spacial score (nSPS) is 12.5. The molecule has 26 heavy (non-hydrogen) atoms. The molecule has 0 aliphatic rings. The molecule has 2 aromatic rings. The summed E-state index contributed by atoms with van der Waals surface area (Å²) in [4.78, 5) is 12.4. The SMILES string of the molecule is CC[C@H](C)NC(=O)CN(c1cccc(Cl)c1)S(=O)(=O)c1ccc(Cl)cc1. The number of rotatable bonds is 7. The predicted molar refractivity (Wildman–Crippen MR) is 105 cm³/mol. The van der Waals surface area contributed by atoms with Gasteiger partial charge in [0.15, 0.2) is 0 Å². The van der Waals surface area contributed by atoms with Crippen LogP contribution < -0.4 is 9.62 Å². The Balaban J connectivity index is 2.42. The Morgan fingerprint density at radius 2 is 1.77 bits per heavy atom. The third-order valence-electron chi connectivity index (χ3n) is 3.80. The lowest BCUT2D eigenvalue weighted by Crippen LogP contribution is -2.43. The van der Waals surface area contributed by atoms with E-state index in [9.17, 15) is 13.2 Å². The summed E-state index contributed by atoms with van der Waals surface area (Å²) >= 11 is 11.9. The van der Waals surface area contributed by atoms with Gasteiger partial charge in [-0.1, -0.05) is 36.2 Å². The summed E-state index contributed by atoms with van der Waals surface area (Å²) in [5.41, 5.74) is 0.312. The molecule has 2 aromatic carbocycles. The smallest absolute Gasteiger partial charge is 0.264 e. The van der Waals surface area contributed by atoms with E-state index >= 15 is 0 Å². The Hall–Kier alpha value is -1.76. The molecule has 0 saturated carbocycles. The van der Waals surface area contributed by atoms with Gasteiger partial charge in [-0.2, -0.15) is 0 Å². The van der Waals surface area contributed by atoms with Gasteiger partial charge in [0, 0.05) is 16.1 Å². The zero-order valence-electron chi connectivity index (χ0n) is 14.4. The lowest BCUT2D eigenvalue weighted by atomic mass is 10.2. The fourth-order valence-electron chi connectivity index (χ4n) is 2.23. The first-order chi connectivity index (χ1) is 12.2. The Morgan fingerprint density at radius 3 is 2.35 bits per heavy atom. The van der Waals surface area contributed by atoms with Crippen molar-refractivity contribution >= 4 is 44.8 Å². The Labute approximate surface area is 164 Å². The third kappa shape index (κ3) is 5.13. The van der Waals surface area contributed by atoms with Crippen LogP contribution in [-0.2, 0) is 14.8 Å². The highest BCUT2D eigenvalue weighted by molar-refractivity contribution is 7.92. The molecule has 140 valence electrons. The first-order valence-electron chi connectivity index (χ1n) is 8.07. The molecule has 1 atom stereocenters. The van der Waals surface area contributed by atoms with Gasteiger partial charge in [0.25, 0.3) is 10.0 Å². The van der Waals surface area contributed by atoms with E-state index in [2.05, 4.69) is 5.32 Å². The molecule has 0 unspecified atom stereocenters. The summed E-state index contributed by atoms with van der Waals surface area (Å²) in [7, 11) is -3.97. The Kier molecular flexibility index (Phi) is 6.92. The van der Waals surface area contributed by atoms with E-state index in [1.54, 1.807) is 18.2 Å². The minimum Gasteiger partial charge on any atom is -0.352 e. The molecule has 1 amide bonds. The van der Waals surface area contributed by atoms with Gasteiger partial charge in [0.1, 0.15) is 6.54 Å². The van der Waals surface area contributed by atoms with Crippen LogP contribution in [-0.4, -0.2) is 26.9 Å². The summed E-state index contributed by atoms with van der Waals surface area (Å²) in [6.45, 7) is 3.44. The molecule has 0 aliphatic carbocycles. The van der Waals surface area contributed by atoms with E-state index in [-0.39, 0.29) is 17.5 Å². The van der Waals surface area contributed by atoms with Gasteiger partial charge in [-0.25, -0.2) is 8.42 Å². The van der Waals surface area contributed by atoms with Gasteiger partial charge in [-0.15, -0.1) is 0 Å². The van der Waals surface area contributed by atoms with E-state index in [0.29, 0.717) is 15.7 Å². The molecule has 0 fully saturated rings. The van der Waals surface area contributed by atoms with Crippen molar-refractivity contribution in [2.75, 3.05) is 10.8 Å². The maximum Gasteiger partial charge on any atom is 0.264 e. The second kappa shape index (κ2) is 8.75. The molecule has 0 saturated heterocycles. The maximum atomic E-state index is 13.1. The molecule has 0 bridgehead atoms. The number of carbonyl (C=O) groups excluding carboxylic acids is 1. The van der Waals surface area contributed by atoms with Crippen molar-refractivity contribution in [2.45, 2.75) is 31.2 Å². The van der Waals surface area contributed by atoms with Gasteiger partial charge in [-0.05, 0) is 55.8 Å². The monoisotopic (exact) mass is 414 g/mol. The standard InChI is InChI=1S/C18H20Cl2N2O3S/c1-3-13(2)21-18(23)12-22(16-6-4-5-15(20)11-16)26(24,25)17-9-7-14(19)8-10-17/h4-11,13H,3,12H2,1-2H3,(H,21,23)/t13-/m0/s1. The highest BCUT2D eigenvalue weighted by Crippen LogP contribution is 2.26. The summed E-state index contributed by atoms with van der Waals surface area (Å²) in [5, 5.41) is 3.58. The van der Waals surface area contributed by atoms with E-state index in [0.717, 1.165) is 10.7 Å². The number of halogens is 2. The number of nitrogens with zero attached hydrogens (tertiary/aromatic N) is 1. The van der Waals surface area contributed by atoms with Crippen LogP contribution in [0.15, 0.2) is 53.4 Å². The van der Waals surface area contributed by atoms with Gasteiger partial charge >= 0.3 is 0 Å². The van der Waals surface area contributed by atoms with Crippen LogP contribution in [0.3, 0.4) is 0 Å². The molecule has 8 heteroatoms. The molecule has 0 aliphatic heterocycles. The quantitative estimate of drug-likeness (QED) is 0.741. The fourth-order valence-corrected chi connectivity index (χ4v) is 3.96. The molecule has 2 rings (SSSR count). The van der Waals surface area contributed by atoms with Crippen molar-refractivity contribution in [1.82, 2.24) is 5.32 Å². The second-order valence-corrected chi connectivity index (χ2v) is 8.56. The van der Waals surface area contributed by atoms with Crippen LogP contribution in [0.4, 0.5) is 5.69 Å². The molecule has 0 aromatic heterocycles. The minimum atomic E-state index is -3.97. The molecule has 5 nitrogen and oxygen atoms in total. The fraction of sp³-hybridized carbons (Fsp3) is 0.278. The Morgan fingerprint density at radius 1 is 1.12 bits per heavy atom. The van der Waals surface area contributed by atoms with E-state index in [1.165, 1.54) is 30.3 Å². The van der Waals surface area contributed by atoms with Crippen molar-refractivity contribution in [2.24, 2.45) is 0 Å². The maximum absolute atomic E-state index is 13.1. The summed E-state index contributed by atoms with van der Waals surface area (Å²) < 4.78 is 27.3. The van der Waals surface area contributed by atoms with Gasteiger partial charge in [0.05, 0.1) is 10.6 Å². The Bertz CT molecular complexity index is 870. The average molecular weight is 415 g/mol. The number of amides is 1. The van der Waals surface area contributed by atoms with Crippen molar-refractivity contribution < 1.29 is 13.2 Å². The largest absolute Gasteiger partial charge is 0.352 e. The predicted octanol–water partition coefficient (Wildman–Crippen LogP) is 4.10. The summed E-state index contributed by atoms with van der Waals surface area (Å²) in [6, 6.07) is 12.1. The van der Waals surface area contributed by atoms with Gasteiger partial charge in [0.2, 0.25) is 5.91 Å².